The van der Waals surface area contributed by atoms with Gasteiger partial charge in [0.1, 0.15) is 5.75 Å². The van der Waals surface area contributed by atoms with Crippen LogP contribution in [0.1, 0.15) is 38.2 Å². The lowest BCUT2D eigenvalue weighted by atomic mass is 9.97. The fraction of sp³-hybridized carbons (Fsp3) is 0.562. The topological polar surface area (TPSA) is 64.3 Å². The van der Waals surface area contributed by atoms with Crippen LogP contribution in [-0.2, 0) is 4.79 Å². The number of nitrogens with one attached hydrogen (secondary N) is 1. The Morgan fingerprint density at radius 3 is 2.64 bits per heavy atom. The van der Waals surface area contributed by atoms with Crippen LogP contribution in [0.5, 0.6) is 5.75 Å². The van der Waals surface area contributed by atoms with Crippen molar-refractivity contribution in [3.8, 4) is 5.75 Å². The minimum Gasteiger partial charge on any atom is -0.480 e. The standard InChI is InChI=1S/C16H23BrN2O2.ClH/c1-11-5-6-14(13(17)9-11)21-12(2)15(20)19-16(10-18)7-3-4-8-16;/h5-6,9,12H,3-4,7-8,10,18H2,1-2H3,(H,19,20);1H. The van der Waals surface area contributed by atoms with Crippen molar-refractivity contribution in [1.82, 2.24) is 5.32 Å². The van der Waals surface area contributed by atoms with E-state index in [0.717, 1.165) is 35.7 Å². The maximum Gasteiger partial charge on any atom is 0.261 e. The average molecular weight is 392 g/mol. The van der Waals surface area contributed by atoms with Gasteiger partial charge in [0.25, 0.3) is 5.91 Å². The lowest BCUT2D eigenvalue weighted by molar-refractivity contribution is -0.129. The molecule has 0 heterocycles. The number of aryl methyl sites for hydroxylation is 1. The Bertz CT molecular complexity index is 519. The first-order chi connectivity index (χ1) is 9.96. The van der Waals surface area contributed by atoms with E-state index in [2.05, 4.69) is 21.2 Å². The molecule has 1 atom stereocenters. The molecule has 1 aromatic rings. The molecule has 0 aliphatic heterocycles. The van der Waals surface area contributed by atoms with E-state index in [1.807, 2.05) is 25.1 Å². The van der Waals surface area contributed by atoms with Crippen LogP contribution in [0, 0.1) is 6.92 Å². The molecule has 0 spiro atoms. The van der Waals surface area contributed by atoms with Gasteiger partial charge in [-0.15, -0.1) is 12.4 Å². The summed E-state index contributed by atoms with van der Waals surface area (Å²) in [6.07, 6.45) is 3.60. The van der Waals surface area contributed by atoms with Gasteiger partial charge in [-0.1, -0.05) is 18.9 Å². The molecule has 0 bridgehead atoms. The Morgan fingerprint density at radius 2 is 2.09 bits per heavy atom. The van der Waals surface area contributed by atoms with Crippen LogP contribution in [-0.4, -0.2) is 24.1 Å². The van der Waals surface area contributed by atoms with E-state index in [0.29, 0.717) is 12.3 Å². The number of nitrogens with two attached hydrogens (primary N) is 1. The summed E-state index contributed by atoms with van der Waals surface area (Å²) in [5.41, 5.74) is 6.75. The monoisotopic (exact) mass is 390 g/mol. The number of hydrogen-bond donors (Lipinski definition) is 2. The normalized spacial score (nSPS) is 17.5. The lowest BCUT2D eigenvalue weighted by Gasteiger charge is -2.30. The Kier molecular flexibility index (Phi) is 7.16. The Morgan fingerprint density at radius 1 is 1.45 bits per heavy atom. The van der Waals surface area contributed by atoms with Gasteiger partial charge in [0.2, 0.25) is 0 Å². The molecular weight excluding hydrogens is 368 g/mol. The molecule has 1 amide bonds. The Labute approximate surface area is 146 Å². The third kappa shape index (κ3) is 4.61. The van der Waals surface area contributed by atoms with E-state index in [1.54, 1.807) is 6.92 Å². The van der Waals surface area contributed by atoms with Crippen LogP contribution in [0.15, 0.2) is 22.7 Å². The van der Waals surface area contributed by atoms with Crippen molar-refractivity contribution in [3.05, 3.63) is 28.2 Å². The van der Waals surface area contributed by atoms with E-state index in [9.17, 15) is 4.79 Å². The van der Waals surface area contributed by atoms with Crippen molar-refractivity contribution in [2.24, 2.45) is 5.73 Å². The molecule has 0 radical (unpaired) electrons. The Hall–Kier alpha value is -0.780. The first-order valence-corrected chi connectivity index (χ1v) is 8.20. The summed E-state index contributed by atoms with van der Waals surface area (Å²) >= 11 is 3.46. The van der Waals surface area contributed by atoms with Gasteiger partial charge in [0.05, 0.1) is 10.0 Å². The van der Waals surface area contributed by atoms with Crippen LogP contribution >= 0.6 is 28.3 Å². The summed E-state index contributed by atoms with van der Waals surface area (Å²) in [5.74, 6) is 0.575. The number of hydrogen-bond acceptors (Lipinski definition) is 3. The van der Waals surface area contributed by atoms with Gasteiger partial charge in [-0.2, -0.15) is 0 Å². The summed E-state index contributed by atoms with van der Waals surface area (Å²) in [4.78, 5) is 12.3. The van der Waals surface area contributed by atoms with Crippen LogP contribution in [0.4, 0.5) is 0 Å². The quantitative estimate of drug-likeness (QED) is 0.809. The number of rotatable bonds is 5. The van der Waals surface area contributed by atoms with Crippen molar-refractivity contribution >= 4 is 34.2 Å². The highest BCUT2D eigenvalue weighted by Gasteiger charge is 2.35. The third-order valence-corrected chi connectivity index (χ3v) is 4.72. The second-order valence-electron chi connectivity index (χ2n) is 5.87. The van der Waals surface area contributed by atoms with E-state index < -0.39 is 6.10 Å². The number of ether oxygens (including phenoxy) is 1. The van der Waals surface area contributed by atoms with Gasteiger partial charge >= 0.3 is 0 Å². The molecular formula is C16H24BrClN2O2. The molecule has 1 aromatic carbocycles. The summed E-state index contributed by atoms with van der Waals surface area (Å²) in [6.45, 7) is 4.26. The molecule has 1 fully saturated rings. The van der Waals surface area contributed by atoms with Crippen LogP contribution < -0.4 is 15.8 Å². The van der Waals surface area contributed by atoms with Crippen molar-refractivity contribution in [1.29, 1.82) is 0 Å². The molecule has 124 valence electrons. The third-order valence-electron chi connectivity index (χ3n) is 4.10. The summed E-state index contributed by atoms with van der Waals surface area (Å²) in [6, 6.07) is 5.80. The van der Waals surface area contributed by atoms with Crippen LogP contribution in [0.2, 0.25) is 0 Å². The highest BCUT2D eigenvalue weighted by Crippen LogP contribution is 2.29. The second-order valence-corrected chi connectivity index (χ2v) is 6.73. The smallest absolute Gasteiger partial charge is 0.261 e. The highest BCUT2D eigenvalue weighted by molar-refractivity contribution is 9.10. The predicted molar refractivity (Wildman–Crippen MR) is 94.6 cm³/mol. The molecule has 1 aliphatic rings. The molecule has 0 aromatic heterocycles. The highest BCUT2D eigenvalue weighted by atomic mass is 79.9. The van der Waals surface area contributed by atoms with E-state index >= 15 is 0 Å². The zero-order chi connectivity index (χ0) is 15.5. The van der Waals surface area contributed by atoms with Gasteiger partial charge in [-0.3, -0.25) is 4.79 Å². The zero-order valence-electron chi connectivity index (χ0n) is 13.0. The number of carbonyl (C=O) groups is 1. The van der Waals surface area contributed by atoms with Gasteiger partial charge in [-0.25, -0.2) is 0 Å². The summed E-state index contributed by atoms with van der Waals surface area (Å²) in [5, 5.41) is 3.09. The number of benzene rings is 1. The average Bonchev–Trinajstić information content (AvgIpc) is 2.91. The first-order valence-electron chi connectivity index (χ1n) is 7.41. The SMILES string of the molecule is Cc1ccc(OC(C)C(=O)NC2(CN)CCCC2)c(Br)c1.Cl. The maximum absolute atomic E-state index is 12.3. The first kappa shape index (κ1) is 19.3. The summed E-state index contributed by atoms with van der Waals surface area (Å²) in [7, 11) is 0. The van der Waals surface area contributed by atoms with Crippen LogP contribution in [0.3, 0.4) is 0 Å². The predicted octanol–water partition coefficient (Wildman–Crippen LogP) is 3.33. The lowest BCUT2D eigenvalue weighted by Crippen LogP contribution is -2.54. The number of amides is 1. The molecule has 6 heteroatoms. The second kappa shape index (κ2) is 8.18. The maximum atomic E-state index is 12.3. The Balaban J connectivity index is 0.00000242. The van der Waals surface area contributed by atoms with E-state index in [-0.39, 0.29) is 23.9 Å². The molecule has 0 saturated heterocycles. The molecule has 1 aliphatic carbocycles. The van der Waals surface area contributed by atoms with E-state index in [1.165, 1.54) is 0 Å². The van der Waals surface area contributed by atoms with Gasteiger partial charge in [-0.05, 0) is 60.3 Å². The van der Waals surface area contributed by atoms with Crippen molar-refractivity contribution in [2.75, 3.05) is 6.54 Å². The van der Waals surface area contributed by atoms with Crippen LogP contribution in [0.25, 0.3) is 0 Å². The molecule has 3 N–H and O–H groups in total. The molecule has 2 rings (SSSR count). The molecule has 1 saturated carbocycles. The molecule has 1 unspecified atom stereocenters. The molecule has 22 heavy (non-hydrogen) atoms. The van der Waals surface area contributed by atoms with Crippen molar-refractivity contribution in [3.63, 3.8) is 0 Å². The minimum atomic E-state index is -0.548. The van der Waals surface area contributed by atoms with Gasteiger partial charge in [0, 0.05) is 6.54 Å². The number of halogens is 2. The number of carbonyl (C=O) groups excluding carboxylic acids is 1. The van der Waals surface area contributed by atoms with E-state index in [4.69, 9.17) is 10.5 Å². The largest absolute Gasteiger partial charge is 0.480 e. The van der Waals surface area contributed by atoms with Gasteiger partial charge < -0.3 is 15.8 Å². The fourth-order valence-corrected chi connectivity index (χ4v) is 3.33. The summed E-state index contributed by atoms with van der Waals surface area (Å²) < 4.78 is 6.62. The zero-order valence-corrected chi connectivity index (χ0v) is 15.4. The van der Waals surface area contributed by atoms with Crippen molar-refractivity contribution < 1.29 is 9.53 Å². The minimum absolute atomic E-state index is 0. The molecule has 4 nitrogen and oxygen atoms in total. The van der Waals surface area contributed by atoms with Crippen molar-refractivity contribution in [2.45, 2.75) is 51.2 Å². The van der Waals surface area contributed by atoms with Gasteiger partial charge in [0.15, 0.2) is 6.10 Å². The fourth-order valence-electron chi connectivity index (χ4n) is 2.74.